The van der Waals surface area contributed by atoms with Crippen LogP contribution in [-0.2, 0) is 13.1 Å². The molecule has 0 radical (unpaired) electrons. The van der Waals surface area contributed by atoms with Crippen molar-refractivity contribution in [2.45, 2.75) is 13.1 Å². The van der Waals surface area contributed by atoms with Gasteiger partial charge in [-0.05, 0) is 11.6 Å². The van der Waals surface area contributed by atoms with Crippen LogP contribution in [0.25, 0.3) is 11.3 Å². The first-order valence-electron chi connectivity index (χ1n) is 6.69. The summed E-state index contributed by atoms with van der Waals surface area (Å²) in [4.78, 5) is 0. The topological polar surface area (TPSA) is 58.5 Å². The molecule has 2 heterocycles. The summed E-state index contributed by atoms with van der Waals surface area (Å²) in [7, 11) is 0. The van der Waals surface area contributed by atoms with Gasteiger partial charge in [0.1, 0.15) is 0 Å². The third kappa shape index (κ3) is 2.95. The lowest BCUT2D eigenvalue weighted by Crippen LogP contribution is -2.19. The molecule has 20 heavy (non-hydrogen) atoms. The van der Waals surface area contributed by atoms with Gasteiger partial charge >= 0.3 is 0 Å². The molecule has 0 aliphatic rings. The van der Waals surface area contributed by atoms with Crippen molar-refractivity contribution in [2.75, 3.05) is 6.54 Å². The third-order valence-electron chi connectivity index (χ3n) is 3.17. The lowest BCUT2D eigenvalue weighted by Gasteiger charge is -2.06. The Morgan fingerprint density at radius 1 is 1.15 bits per heavy atom. The van der Waals surface area contributed by atoms with Crippen LogP contribution < -0.4 is 5.32 Å². The summed E-state index contributed by atoms with van der Waals surface area (Å²) in [6.45, 7) is 2.54. The summed E-state index contributed by atoms with van der Waals surface area (Å²) in [5, 5.41) is 14.8. The second-order valence-corrected chi connectivity index (χ2v) is 4.58. The van der Waals surface area contributed by atoms with Gasteiger partial charge in [-0.25, -0.2) is 0 Å². The molecule has 0 bridgehead atoms. The van der Waals surface area contributed by atoms with Gasteiger partial charge in [0.25, 0.3) is 0 Å². The van der Waals surface area contributed by atoms with E-state index in [1.807, 2.05) is 41.3 Å². The maximum atomic E-state index is 4.17. The predicted molar refractivity (Wildman–Crippen MR) is 78.0 cm³/mol. The molecule has 2 N–H and O–H groups in total. The van der Waals surface area contributed by atoms with Crippen molar-refractivity contribution in [3.8, 4) is 11.3 Å². The zero-order valence-corrected chi connectivity index (χ0v) is 11.2. The van der Waals surface area contributed by atoms with Crippen molar-refractivity contribution in [1.82, 2.24) is 25.3 Å². The molecular weight excluding hydrogens is 250 g/mol. The lowest BCUT2D eigenvalue weighted by molar-refractivity contribution is 0.555. The summed E-state index contributed by atoms with van der Waals surface area (Å²) in [5.74, 6) is 0. The number of aromatic nitrogens is 4. The van der Waals surface area contributed by atoms with Crippen LogP contribution >= 0.6 is 0 Å². The van der Waals surface area contributed by atoms with Crippen molar-refractivity contribution in [3.63, 3.8) is 0 Å². The molecule has 102 valence electrons. The normalized spacial score (nSPS) is 10.8. The molecule has 0 unspecified atom stereocenters. The number of aromatic amines is 1. The molecule has 3 aromatic rings. The van der Waals surface area contributed by atoms with E-state index in [-0.39, 0.29) is 0 Å². The molecule has 0 spiro atoms. The standard InChI is InChI=1S/C15H17N5/c1-2-5-13(6-3-1)15-14(12-17-19-15)11-16-8-10-20-9-4-7-18-20/h1-7,9,12,16H,8,10-11H2,(H,17,19). The Hall–Kier alpha value is -2.40. The van der Waals surface area contributed by atoms with E-state index < -0.39 is 0 Å². The zero-order chi connectivity index (χ0) is 13.6. The Labute approximate surface area is 117 Å². The van der Waals surface area contributed by atoms with Gasteiger partial charge in [0.2, 0.25) is 0 Å². The molecule has 0 saturated carbocycles. The fourth-order valence-corrected chi connectivity index (χ4v) is 2.15. The number of benzene rings is 1. The van der Waals surface area contributed by atoms with E-state index in [0.29, 0.717) is 0 Å². The van der Waals surface area contributed by atoms with Crippen LogP contribution in [0.4, 0.5) is 0 Å². The quantitative estimate of drug-likeness (QED) is 0.672. The maximum Gasteiger partial charge on any atom is 0.0695 e. The van der Waals surface area contributed by atoms with E-state index in [4.69, 9.17) is 0 Å². The van der Waals surface area contributed by atoms with Gasteiger partial charge in [-0.1, -0.05) is 30.3 Å². The van der Waals surface area contributed by atoms with Crippen molar-refractivity contribution >= 4 is 0 Å². The Balaban J connectivity index is 1.57. The first-order chi connectivity index (χ1) is 9.93. The van der Waals surface area contributed by atoms with Crippen LogP contribution in [0, 0.1) is 0 Å². The minimum atomic E-state index is 0.794. The van der Waals surface area contributed by atoms with Crippen molar-refractivity contribution in [1.29, 1.82) is 0 Å². The fraction of sp³-hybridized carbons (Fsp3) is 0.200. The van der Waals surface area contributed by atoms with E-state index in [0.717, 1.165) is 30.9 Å². The molecule has 0 aliphatic heterocycles. The van der Waals surface area contributed by atoms with E-state index in [1.165, 1.54) is 5.56 Å². The first-order valence-corrected chi connectivity index (χ1v) is 6.69. The summed E-state index contributed by atoms with van der Waals surface area (Å²) < 4.78 is 1.92. The molecule has 0 aliphatic carbocycles. The largest absolute Gasteiger partial charge is 0.311 e. The number of nitrogens with one attached hydrogen (secondary N) is 2. The fourth-order valence-electron chi connectivity index (χ4n) is 2.15. The number of hydrogen-bond donors (Lipinski definition) is 2. The summed E-state index contributed by atoms with van der Waals surface area (Å²) in [5.41, 5.74) is 3.42. The van der Waals surface area contributed by atoms with E-state index in [9.17, 15) is 0 Å². The maximum absolute atomic E-state index is 4.17. The molecule has 5 nitrogen and oxygen atoms in total. The van der Waals surface area contributed by atoms with Gasteiger partial charge in [-0.3, -0.25) is 9.78 Å². The molecular formula is C15H17N5. The third-order valence-corrected chi connectivity index (χ3v) is 3.17. The average molecular weight is 267 g/mol. The Morgan fingerprint density at radius 2 is 2.05 bits per heavy atom. The smallest absolute Gasteiger partial charge is 0.0695 e. The van der Waals surface area contributed by atoms with Gasteiger partial charge in [0, 0.05) is 31.0 Å². The zero-order valence-electron chi connectivity index (χ0n) is 11.2. The van der Waals surface area contributed by atoms with Crippen LogP contribution in [0.3, 0.4) is 0 Å². The number of rotatable bonds is 6. The van der Waals surface area contributed by atoms with Gasteiger partial charge in [-0.2, -0.15) is 10.2 Å². The SMILES string of the molecule is c1ccc(-c2[nH]ncc2CNCCn2cccn2)cc1. The van der Waals surface area contributed by atoms with E-state index in [1.54, 1.807) is 6.20 Å². The minimum Gasteiger partial charge on any atom is -0.311 e. The molecule has 0 amide bonds. The Kier molecular flexibility index (Phi) is 3.89. The number of hydrogen-bond acceptors (Lipinski definition) is 3. The van der Waals surface area contributed by atoms with Gasteiger partial charge in [-0.15, -0.1) is 0 Å². The van der Waals surface area contributed by atoms with Crippen LogP contribution in [0.15, 0.2) is 55.0 Å². The highest BCUT2D eigenvalue weighted by molar-refractivity contribution is 5.62. The van der Waals surface area contributed by atoms with Crippen LogP contribution in [0.2, 0.25) is 0 Å². The molecule has 0 fully saturated rings. The Bertz CT molecular complexity index is 627. The highest BCUT2D eigenvalue weighted by Gasteiger charge is 2.06. The highest BCUT2D eigenvalue weighted by Crippen LogP contribution is 2.20. The number of nitrogens with zero attached hydrogens (tertiary/aromatic N) is 3. The van der Waals surface area contributed by atoms with Crippen LogP contribution in [-0.4, -0.2) is 26.5 Å². The first kappa shape index (κ1) is 12.6. The lowest BCUT2D eigenvalue weighted by atomic mass is 10.1. The Morgan fingerprint density at radius 3 is 2.85 bits per heavy atom. The van der Waals surface area contributed by atoms with E-state index in [2.05, 4.69) is 32.7 Å². The molecule has 5 heteroatoms. The van der Waals surface area contributed by atoms with Crippen LogP contribution in [0.5, 0.6) is 0 Å². The van der Waals surface area contributed by atoms with Gasteiger partial charge in [0.15, 0.2) is 0 Å². The molecule has 0 saturated heterocycles. The summed E-state index contributed by atoms with van der Waals surface area (Å²) in [6, 6.07) is 12.2. The minimum absolute atomic E-state index is 0.794. The number of H-pyrrole nitrogens is 1. The van der Waals surface area contributed by atoms with Gasteiger partial charge < -0.3 is 5.32 Å². The monoisotopic (exact) mass is 267 g/mol. The van der Waals surface area contributed by atoms with Crippen molar-refractivity contribution < 1.29 is 0 Å². The second-order valence-electron chi connectivity index (χ2n) is 4.58. The highest BCUT2D eigenvalue weighted by atomic mass is 15.3. The van der Waals surface area contributed by atoms with Gasteiger partial charge in [0.05, 0.1) is 18.4 Å². The molecule has 0 atom stereocenters. The van der Waals surface area contributed by atoms with Crippen LogP contribution in [0.1, 0.15) is 5.56 Å². The molecule has 2 aromatic heterocycles. The van der Waals surface area contributed by atoms with Crippen molar-refractivity contribution in [3.05, 3.63) is 60.6 Å². The second kappa shape index (κ2) is 6.16. The molecule has 3 rings (SSSR count). The van der Waals surface area contributed by atoms with Crippen molar-refractivity contribution in [2.24, 2.45) is 0 Å². The average Bonchev–Trinajstić information content (AvgIpc) is 3.16. The predicted octanol–water partition coefficient (Wildman–Crippen LogP) is 2.06. The van der Waals surface area contributed by atoms with E-state index >= 15 is 0 Å². The molecule has 1 aromatic carbocycles. The summed E-state index contributed by atoms with van der Waals surface area (Å²) in [6.07, 6.45) is 5.64. The summed E-state index contributed by atoms with van der Waals surface area (Å²) >= 11 is 0.